The molecular formula is C14H17ClO4. The van der Waals surface area contributed by atoms with Crippen molar-refractivity contribution in [1.29, 1.82) is 0 Å². The van der Waals surface area contributed by atoms with Gasteiger partial charge in [-0.1, -0.05) is 11.6 Å². The minimum atomic E-state index is -0.802. The van der Waals surface area contributed by atoms with E-state index in [-0.39, 0.29) is 11.8 Å². The van der Waals surface area contributed by atoms with Crippen molar-refractivity contribution < 1.29 is 19.4 Å². The predicted molar refractivity (Wildman–Crippen MR) is 72.5 cm³/mol. The molecule has 1 fully saturated rings. The normalized spacial score (nSPS) is 16.0. The Balaban J connectivity index is 2.55. The van der Waals surface area contributed by atoms with Gasteiger partial charge in [-0.2, -0.15) is 0 Å². The van der Waals surface area contributed by atoms with Crippen molar-refractivity contribution in [2.24, 2.45) is 0 Å². The fourth-order valence-electron chi connectivity index (χ4n) is 2.63. The molecule has 0 spiro atoms. The third-order valence-electron chi connectivity index (χ3n) is 3.74. The van der Waals surface area contributed by atoms with Crippen LogP contribution in [0.1, 0.15) is 30.4 Å². The third kappa shape index (κ3) is 2.37. The summed E-state index contributed by atoms with van der Waals surface area (Å²) in [7, 11) is 3.13. The van der Waals surface area contributed by atoms with Crippen LogP contribution in [0.4, 0.5) is 0 Å². The maximum Gasteiger partial charge on any atom is 0.304 e. The molecule has 104 valence electrons. The van der Waals surface area contributed by atoms with Gasteiger partial charge in [-0.15, -0.1) is 0 Å². The molecule has 0 amide bonds. The molecule has 5 heteroatoms. The zero-order valence-electron chi connectivity index (χ0n) is 11.2. The Morgan fingerprint density at radius 1 is 1.37 bits per heavy atom. The molecule has 0 atom stereocenters. The topological polar surface area (TPSA) is 55.8 Å². The van der Waals surface area contributed by atoms with E-state index in [2.05, 4.69) is 0 Å². The first-order chi connectivity index (χ1) is 8.95. The van der Waals surface area contributed by atoms with Crippen LogP contribution < -0.4 is 9.47 Å². The molecule has 2 rings (SSSR count). The van der Waals surface area contributed by atoms with Crippen LogP contribution in [-0.4, -0.2) is 25.3 Å². The fraction of sp³-hybridized carbons (Fsp3) is 0.500. The van der Waals surface area contributed by atoms with E-state index < -0.39 is 5.97 Å². The molecule has 1 aliphatic carbocycles. The van der Waals surface area contributed by atoms with Crippen molar-refractivity contribution in [2.45, 2.75) is 31.6 Å². The van der Waals surface area contributed by atoms with E-state index in [1.807, 2.05) is 6.92 Å². The third-order valence-corrected chi connectivity index (χ3v) is 4.02. The summed E-state index contributed by atoms with van der Waals surface area (Å²) in [6.07, 6.45) is 1.79. The number of hydrogen-bond acceptors (Lipinski definition) is 3. The monoisotopic (exact) mass is 284 g/mol. The molecular weight excluding hydrogens is 268 g/mol. The standard InChI is InChI=1S/C14H17ClO4/c1-8-12(18-2)9(6-10(15)13(8)19-3)14(4-5-14)7-11(16)17/h6H,4-5,7H2,1-3H3,(H,16,17). The molecule has 1 N–H and O–H groups in total. The summed E-state index contributed by atoms with van der Waals surface area (Å²) in [5, 5.41) is 9.55. The Kier molecular flexibility index (Phi) is 3.63. The second-order valence-electron chi connectivity index (χ2n) is 4.95. The maximum absolute atomic E-state index is 11.0. The number of halogens is 1. The van der Waals surface area contributed by atoms with Gasteiger partial charge in [0.1, 0.15) is 11.5 Å². The van der Waals surface area contributed by atoms with Gasteiger partial charge >= 0.3 is 5.97 Å². The van der Waals surface area contributed by atoms with Crippen molar-refractivity contribution >= 4 is 17.6 Å². The van der Waals surface area contributed by atoms with Gasteiger partial charge in [-0.05, 0) is 25.8 Å². The number of aliphatic carboxylic acids is 1. The van der Waals surface area contributed by atoms with E-state index in [9.17, 15) is 4.79 Å². The zero-order chi connectivity index (χ0) is 14.2. The van der Waals surface area contributed by atoms with Crippen LogP contribution in [0.25, 0.3) is 0 Å². The maximum atomic E-state index is 11.0. The SMILES string of the molecule is COc1c(Cl)cc(C2(CC(=O)O)CC2)c(OC)c1C. The molecule has 1 aromatic rings. The lowest BCUT2D eigenvalue weighted by Crippen LogP contribution is -2.15. The highest BCUT2D eigenvalue weighted by molar-refractivity contribution is 6.32. The quantitative estimate of drug-likeness (QED) is 0.902. The first-order valence-electron chi connectivity index (χ1n) is 6.08. The zero-order valence-corrected chi connectivity index (χ0v) is 12.0. The summed E-state index contributed by atoms with van der Waals surface area (Å²) in [5.41, 5.74) is 1.35. The van der Waals surface area contributed by atoms with Gasteiger partial charge in [0.25, 0.3) is 0 Å². The molecule has 1 saturated carbocycles. The molecule has 19 heavy (non-hydrogen) atoms. The highest BCUT2D eigenvalue weighted by atomic mass is 35.5. The Morgan fingerprint density at radius 3 is 2.37 bits per heavy atom. The van der Waals surface area contributed by atoms with Gasteiger partial charge in [-0.3, -0.25) is 4.79 Å². The average Bonchev–Trinajstić information content (AvgIpc) is 3.09. The molecule has 1 aliphatic rings. The Morgan fingerprint density at radius 2 is 1.95 bits per heavy atom. The van der Waals surface area contributed by atoms with Crippen LogP contribution in [0.15, 0.2) is 6.07 Å². The molecule has 0 bridgehead atoms. The number of rotatable bonds is 5. The largest absolute Gasteiger partial charge is 0.496 e. The number of carbonyl (C=O) groups is 1. The van der Waals surface area contributed by atoms with E-state index >= 15 is 0 Å². The number of hydrogen-bond donors (Lipinski definition) is 1. The lowest BCUT2D eigenvalue weighted by molar-refractivity contribution is -0.137. The number of carboxylic acids is 1. The lowest BCUT2D eigenvalue weighted by Gasteiger charge is -2.21. The highest BCUT2D eigenvalue weighted by Crippen LogP contribution is 2.56. The van der Waals surface area contributed by atoms with Crippen LogP contribution in [0.2, 0.25) is 5.02 Å². The van der Waals surface area contributed by atoms with E-state index in [4.69, 9.17) is 26.2 Å². The van der Waals surface area contributed by atoms with Crippen LogP contribution >= 0.6 is 11.6 Å². The Labute approximate surface area is 117 Å². The van der Waals surface area contributed by atoms with E-state index in [0.29, 0.717) is 16.5 Å². The highest BCUT2D eigenvalue weighted by Gasteiger charge is 2.48. The van der Waals surface area contributed by atoms with Crippen molar-refractivity contribution in [3.05, 3.63) is 22.2 Å². The van der Waals surface area contributed by atoms with E-state index in [1.54, 1.807) is 20.3 Å². The molecule has 0 radical (unpaired) electrons. The molecule has 0 heterocycles. The number of methoxy groups -OCH3 is 2. The summed E-state index contributed by atoms with van der Waals surface area (Å²) in [5.74, 6) is 0.456. The van der Waals surface area contributed by atoms with Crippen molar-refractivity contribution in [2.75, 3.05) is 14.2 Å². The molecule has 0 aromatic heterocycles. The van der Waals surface area contributed by atoms with Crippen LogP contribution in [-0.2, 0) is 10.2 Å². The summed E-state index contributed by atoms with van der Waals surface area (Å²) >= 11 is 6.21. The van der Waals surface area contributed by atoms with E-state index in [1.165, 1.54) is 0 Å². The van der Waals surface area contributed by atoms with Gasteiger partial charge in [0.15, 0.2) is 0 Å². The van der Waals surface area contributed by atoms with Crippen molar-refractivity contribution in [3.8, 4) is 11.5 Å². The number of carboxylic acid groups (broad SMARTS) is 1. The van der Waals surface area contributed by atoms with Crippen molar-refractivity contribution in [3.63, 3.8) is 0 Å². The van der Waals surface area contributed by atoms with Gasteiger partial charge < -0.3 is 14.6 Å². The molecule has 0 aliphatic heterocycles. The fourth-order valence-corrected chi connectivity index (χ4v) is 2.96. The minimum Gasteiger partial charge on any atom is -0.496 e. The molecule has 0 unspecified atom stereocenters. The van der Waals surface area contributed by atoms with Gasteiger partial charge in [0, 0.05) is 16.5 Å². The predicted octanol–water partition coefficient (Wildman–Crippen LogP) is 3.17. The Bertz CT molecular complexity index is 521. The summed E-state index contributed by atoms with van der Waals surface area (Å²) < 4.78 is 10.7. The van der Waals surface area contributed by atoms with Crippen LogP contribution in [0, 0.1) is 6.92 Å². The van der Waals surface area contributed by atoms with E-state index in [0.717, 1.165) is 24.0 Å². The second kappa shape index (κ2) is 4.93. The van der Waals surface area contributed by atoms with Gasteiger partial charge in [0.05, 0.1) is 25.7 Å². The first-order valence-corrected chi connectivity index (χ1v) is 6.46. The van der Waals surface area contributed by atoms with Crippen LogP contribution in [0.3, 0.4) is 0 Å². The Hall–Kier alpha value is -1.42. The lowest BCUT2D eigenvalue weighted by atomic mass is 9.90. The van der Waals surface area contributed by atoms with Crippen molar-refractivity contribution in [1.82, 2.24) is 0 Å². The van der Waals surface area contributed by atoms with Gasteiger partial charge in [0.2, 0.25) is 0 Å². The van der Waals surface area contributed by atoms with Gasteiger partial charge in [-0.25, -0.2) is 0 Å². The summed E-state index contributed by atoms with van der Waals surface area (Å²) in [4.78, 5) is 11.0. The molecule has 4 nitrogen and oxygen atoms in total. The average molecular weight is 285 g/mol. The molecule has 1 aromatic carbocycles. The summed E-state index contributed by atoms with van der Waals surface area (Å²) in [6.45, 7) is 1.86. The minimum absolute atomic E-state index is 0.103. The number of benzene rings is 1. The first kappa shape index (κ1) is 14.0. The number of ether oxygens (including phenoxy) is 2. The van der Waals surface area contributed by atoms with Crippen LogP contribution in [0.5, 0.6) is 11.5 Å². The summed E-state index contributed by atoms with van der Waals surface area (Å²) in [6, 6.07) is 1.78. The smallest absolute Gasteiger partial charge is 0.304 e. The molecule has 0 saturated heterocycles. The second-order valence-corrected chi connectivity index (χ2v) is 5.36.